The Morgan fingerprint density at radius 1 is 1.06 bits per heavy atom. The summed E-state index contributed by atoms with van der Waals surface area (Å²) in [6.45, 7) is 0.273. The third-order valence-electron chi connectivity index (χ3n) is 2.35. The van der Waals surface area contributed by atoms with Crippen molar-refractivity contribution >= 4 is 23.2 Å². The van der Waals surface area contributed by atoms with Crippen LogP contribution in [0.5, 0.6) is 11.5 Å². The molecule has 0 amide bonds. The van der Waals surface area contributed by atoms with Crippen molar-refractivity contribution in [3.05, 3.63) is 57.8 Å². The largest absolute Gasteiger partial charge is 0.453 e. The van der Waals surface area contributed by atoms with Crippen LogP contribution in [0.25, 0.3) is 0 Å². The number of ether oxygens (including phenoxy) is 1. The van der Waals surface area contributed by atoms with Gasteiger partial charge in [0.15, 0.2) is 11.6 Å². The van der Waals surface area contributed by atoms with Gasteiger partial charge in [0.05, 0.1) is 5.02 Å². The molecule has 0 unspecified atom stereocenters. The van der Waals surface area contributed by atoms with Gasteiger partial charge in [-0.3, -0.25) is 0 Å². The first-order chi connectivity index (χ1) is 8.60. The van der Waals surface area contributed by atoms with Gasteiger partial charge >= 0.3 is 0 Å². The van der Waals surface area contributed by atoms with Gasteiger partial charge in [0.2, 0.25) is 0 Å². The summed E-state index contributed by atoms with van der Waals surface area (Å²) in [5.74, 6) is -0.103. The van der Waals surface area contributed by atoms with Crippen LogP contribution in [0.15, 0.2) is 36.4 Å². The number of hydrogen-bond acceptors (Lipinski definition) is 2. The van der Waals surface area contributed by atoms with Crippen molar-refractivity contribution in [1.29, 1.82) is 0 Å². The van der Waals surface area contributed by atoms with Crippen molar-refractivity contribution in [2.75, 3.05) is 0 Å². The zero-order valence-electron chi connectivity index (χ0n) is 9.29. The van der Waals surface area contributed by atoms with Crippen LogP contribution in [0.4, 0.5) is 4.39 Å². The summed E-state index contributed by atoms with van der Waals surface area (Å²) >= 11 is 11.8. The fourth-order valence-corrected chi connectivity index (χ4v) is 1.75. The quantitative estimate of drug-likeness (QED) is 0.908. The van der Waals surface area contributed by atoms with Crippen LogP contribution in [0.2, 0.25) is 10.0 Å². The Labute approximate surface area is 114 Å². The molecule has 2 aromatic carbocycles. The minimum absolute atomic E-state index is 0.0800. The van der Waals surface area contributed by atoms with Crippen molar-refractivity contribution in [2.45, 2.75) is 6.54 Å². The smallest absolute Gasteiger partial charge is 0.166 e. The molecule has 0 radical (unpaired) electrons. The third kappa shape index (κ3) is 2.93. The lowest BCUT2D eigenvalue weighted by molar-refractivity contribution is 0.442. The molecule has 2 aromatic rings. The van der Waals surface area contributed by atoms with Crippen molar-refractivity contribution < 1.29 is 9.13 Å². The molecule has 0 bridgehead atoms. The predicted octanol–water partition coefficient (Wildman–Crippen LogP) is 4.38. The molecule has 94 valence electrons. The van der Waals surface area contributed by atoms with Gasteiger partial charge in [-0.2, -0.15) is 0 Å². The molecule has 0 spiro atoms. The molecule has 5 heteroatoms. The molecule has 0 aliphatic rings. The van der Waals surface area contributed by atoms with E-state index in [1.165, 1.54) is 18.2 Å². The minimum Gasteiger partial charge on any atom is -0.453 e. The van der Waals surface area contributed by atoms with E-state index in [4.69, 9.17) is 33.7 Å². The van der Waals surface area contributed by atoms with E-state index in [0.717, 1.165) is 0 Å². The van der Waals surface area contributed by atoms with Gasteiger partial charge in [-0.1, -0.05) is 29.3 Å². The summed E-state index contributed by atoms with van der Waals surface area (Å²) in [7, 11) is 0. The number of nitrogens with two attached hydrogens (primary N) is 1. The molecule has 2 N–H and O–H groups in total. The lowest BCUT2D eigenvalue weighted by Crippen LogP contribution is -1.97. The minimum atomic E-state index is -0.492. The van der Waals surface area contributed by atoms with Crippen LogP contribution < -0.4 is 10.5 Å². The Bertz CT molecular complexity index is 575. The Morgan fingerprint density at radius 3 is 2.50 bits per heavy atom. The van der Waals surface area contributed by atoms with Gasteiger partial charge in [-0.15, -0.1) is 0 Å². The average Bonchev–Trinajstić information content (AvgIpc) is 2.36. The van der Waals surface area contributed by atoms with E-state index in [9.17, 15) is 4.39 Å². The molecule has 0 fully saturated rings. The highest BCUT2D eigenvalue weighted by molar-refractivity contribution is 6.34. The second kappa shape index (κ2) is 5.57. The predicted molar refractivity (Wildman–Crippen MR) is 70.8 cm³/mol. The summed E-state index contributed by atoms with van der Waals surface area (Å²) in [6.07, 6.45) is 0. The number of benzene rings is 2. The fourth-order valence-electron chi connectivity index (χ4n) is 1.43. The van der Waals surface area contributed by atoms with Crippen molar-refractivity contribution in [2.24, 2.45) is 5.73 Å². The summed E-state index contributed by atoms with van der Waals surface area (Å²) in [4.78, 5) is 0. The highest BCUT2D eigenvalue weighted by Crippen LogP contribution is 2.33. The first-order valence-electron chi connectivity index (χ1n) is 5.21. The lowest BCUT2D eigenvalue weighted by Gasteiger charge is -2.09. The molecule has 0 atom stereocenters. The lowest BCUT2D eigenvalue weighted by atomic mass is 10.2. The molecule has 18 heavy (non-hydrogen) atoms. The highest BCUT2D eigenvalue weighted by Gasteiger charge is 2.09. The van der Waals surface area contributed by atoms with Crippen LogP contribution in [0.1, 0.15) is 5.56 Å². The van der Waals surface area contributed by atoms with E-state index >= 15 is 0 Å². The summed E-state index contributed by atoms with van der Waals surface area (Å²) in [5, 5.41) is 0.829. The summed E-state index contributed by atoms with van der Waals surface area (Å²) in [6, 6.07) is 9.27. The molecule has 0 aliphatic carbocycles. The van der Waals surface area contributed by atoms with Gasteiger partial charge in [0.1, 0.15) is 5.75 Å². The van der Waals surface area contributed by atoms with Crippen molar-refractivity contribution in [1.82, 2.24) is 0 Å². The Hall–Kier alpha value is -1.29. The Morgan fingerprint density at radius 2 is 1.83 bits per heavy atom. The highest BCUT2D eigenvalue weighted by atomic mass is 35.5. The number of halogens is 3. The van der Waals surface area contributed by atoms with Gasteiger partial charge in [-0.05, 0) is 29.8 Å². The van der Waals surface area contributed by atoms with Gasteiger partial charge in [0, 0.05) is 17.6 Å². The monoisotopic (exact) mass is 285 g/mol. The third-order valence-corrected chi connectivity index (χ3v) is 2.89. The average molecular weight is 286 g/mol. The van der Waals surface area contributed by atoms with Crippen molar-refractivity contribution in [3.63, 3.8) is 0 Å². The van der Waals surface area contributed by atoms with E-state index in [1.54, 1.807) is 18.2 Å². The maximum Gasteiger partial charge on any atom is 0.166 e. The fraction of sp³-hybridized carbons (Fsp3) is 0.0769. The van der Waals surface area contributed by atoms with Gasteiger partial charge in [-0.25, -0.2) is 4.39 Å². The molecule has 0 heterocycles. The molecule has 2 rings (SSSR count). The summed E-state index contributed by atoms with van der Waals surface area (Å²) in [5.41, 5.74) is 6.11. The van der Waals surface area contributed by atoms with Gasteiger partial charge < -0.3 is 10.5 Å². The normalized spacial score (nSPS) is 10.4. The molecular formula is C13H10Cl2FNO. The maximum atomic E-state index is 13.7. The first-order valence-corrected chi connectivity index (χ1v) is 5.97. The number of hydrogen-bond donors (Lipinski definition) is 1. The topological polar surface area (TPSA) is 35.2 Å². The van der Waals surface area contributed by atoms with Crippen LogP contribution in [0, 0.1) is 5.82 Å². The summed E-state index contributed by atoms with van der Waals surface area (Å²) < 4.78 is 19.1. The molecule has 0 aliphatic heterocycles. The van der Waals surface area contributed by atoms with E-state index < -0.39 is 5.82 Å². The molecule has 0 saturated carbocycles. The van der Waals surface area contributed by atoms with E-state index in [1.807, 2.05) is 0 Å². The zero-order valence-corrected chi connectivity index (χ0v) is 10.8. The second-order valence-corrected chi connectivity index (χ2v) is 4.49. The van der Waals surface area contributed by atoms with E-state index in [2.05, 4.69) is 0 Å². The Kier molecular flexibility index (Phi) is 4.07. The molecule has 2 nitrogen and oxygen atoms in total. The second-order valence-electron chi connectivity index (χ2n) is 3.65. The van der Waals surface area contributed by atoms with Crippen LogP contribution in [0.3, 0.4) is 0 Å². The maximum absolute atomic E-state index is 13.7. The molecule has 0 saturated heterocycles. The van der Waals surface area contributed by atoms with Crippen molar-refractivity contribution in [3.8, 4) is 11.5 Å². The zero-order chi connectivity index (χ0) is 13.1. The number of rotatable bonds is 3. The van der Waals surface area contributed by atoms with Crippen LogP contribution in [-0.4, -0.2) is 0 Å². The van der Waals surface area contributed by atoms with E-state index in [0.29, 0.717) is 21.4 Å². The molecule has 0 aromatic heterocycles. The van der Waals surface area contributed by atoms with Gasteiger partial charge in [0.25, 0.3) is 0 Å². The first kappa shape index (κ1) is 13.1. The van der Waals surface area contributed by atoms with Crippen LogP contribution in [-0.2, 0) is 6.54 Å². The standard InChI is InChI=1S/C13H10Cl2FNO/c14-9-2-3-10(15)13(6-9)18-12-4-1-8(7-17)5-11(12)16/h1-6H,7,17H2. The Balaban J connectivity index is 2.31. The molecular weight excluding hydrogens is 276 g/mol. The SMILES string of the molecule is NCc1ccc(Oc2cc(Cl)ccc2Cl)c(F)c1. The van der Waals surface area contributed by atoms with E-state index in [-0.39, 0.29) is 12.3 Å². The van der Waals surface area contributed by atoms with Crippen LogP contribution >= 0.6 is 23.2 Å².